The number of aliphatic carboxylic acids is 1. The first kappa shape index (κ1) is 14.0. The SMILES string of the molecule is CC(C(=O)O)c1nnc(-c2cccc(-c3ccccc3)c2)o1. The van der Waals surface area contributed by atoms with Crippen molar-refractivity contribution in [3.8, 4) is 22.6 Å². The van der Waals surface area contributed by atoms with E-state index in [1.807, 2.05) is 54.6 Å². The van der Waals surface area contributed by atoms with Crippen LogP contribution in [0.15, 0.2) is 59.0 Å². The number of hydrogen-bond donors (Lipinski definition) is 1. The molecule has 3 aromatic rings. The number of carboxylic acids is 1. The van der Waals surface area contributed by atoms with E-state index in [1.54, 1.807) is 0 Å². The van der Waals surface area contributed by atoms with Gasteiger partial charge >= 0.3 is 5.97 Å². The summed E-state index contributed by atoms with van der Waals surface area (Å²) in [7, 11) is 0. The van der Waals surface area contributed by atoms with Crippen LogP contribution in [0.2, 0.25) is 0 Å². The third-order valence-electron chi connectivity index (χ3n) is 3.40. The van der Waals surface area contributed by atoms with Crippen molar-refractivity contribution in [2.45, 2.75) is 12.8 Å². The Hall–Kier alpha value is -2.95. The molecule has 0 saturated carbocycles. The van der Waals surface area contributed by atoms with Gasteiger partial charge in [-0.25, -0.2) is 0 Å². The summed E-state index contributed by atoms with van der Waals surface area (Å²) in [5.74, 6) is -1.39. The molecule has 2 aromatic carbocycles. The molecule has 1 unspecified atom stereocenters. The molecule has 0 bridgehead atoms. The summed E-state index contributed by atoms with van der Waals surface area (Å²) < 4.78 is 5.48. The third kappa shape index (κ3) is 2.74. The van der Waals surface area contributed by atoms with Crippen LogP contribution in [0, 0.1) is 0 Å². The maximum absolute atomic E-state index is 11.0. The molecule has 0 radical (unpaired) electrons. The lowest BCUT2D eigenvalue weighted by Crippen LogP contribution is -2.07. The molecule has 5 heteroatoms. The van der Waals surface area contributed by atoms with E-state index in [2.05, 4.69) is 10.2 Å². The van der Waals surface area contributed by atoms with Crippen molar-refractivity contribution in [2.24, 2.45) is 0 Å². The minimum absolute atomic E-state index is 0.104. The maximum Gasteiger partial charge on any atom is 0.315 e. The summed E-state index contributed by atoms with van der Waals surface area (Å²) in [5, 5.41) is 16.7. The van der Waals surface area contributed by atoms with Crippen LogP contribution in [-0.2, 0) is 4.79 Å². The lowest BCUT2D eigenvalue weighted by molar-refractivity contribution is -0.138. The van der Waals surface area contributed by atoms with Gasteiger partial charge in [-0.2, -0.15) is 0 Å². The van der Waals surface area contributed by atoms with Gasteiger partial charge in [0.25, 0.3) is 0 Å². The molecule has 1 N–H and O–H groups in total. The van der Waals surface area contributed by atoms with E-state index in [4.69, 9.17) is 9.52 Å². The minimum atomic E-state index is -0.992. The molecule has 1 heterocycles. The predicted octanol–water partition coefficient (Wildman–Crippen LogP) is 3.59. The van der Waals surface area contributed by atoms with E-state index in [0.29, 0.717) is 5.89 Å². The zero-order chi connectivity index (χ0) is 15.5. The zero-order valence-corrected chi connectivity index (χ0v) is 11.9. The second-order valence-corrected chi connectivity index (χ2v) is 4.95. The van der Waals surface area contributed by atoms with Gasteiger partial charge in [-0.3, -0.25) is 4.79 Å². The lowest BCUT2D eigenvalue weighted by Gasteiger charge is -2.03. The van der Waals surface area contributed by atoms with Gasteiger partial charge in [0.1, 0.15) is 5.92 Å². The van der Waals surface area contributed by atoms with Gasteiger partial charge in [-0.1, -0.05) is 42.5 Å². The summed E-state index contributed by atoms with van der Waals surface area (Å²) in [6.45, 7) is 1.51. The molecule has 5 nitrogen and oxygen atoms in total. The molecule has 1 atom stereocenters. The van der Waals surface area contributed by atoms with Crippen LogP contribution in [-0.4, -0.2) is 21.3 Å². The molecule has 110 valence electrons. The van der Waals surface area contributed by atoms with Crippen molar-refractivity contribution in [2.75, 3.05) is 0 Å². The van der Waals surface area contributed by atoms with Crippen LogP contribution in [0.25, 0.3) is 22.6 Å². The third-order valence-corrected chi connectivity index (χ3v) is 3.40. The van der Waals surface area contributed by atoms with Crippen molar-refractivity contribution in [3.05, 3.63) is 60.5 Å². The molecule has 0 aliphatic carbocycles. The number of hydrogen-bond acceptors (Lipinski definition) is 4. The first-order chi connectivity index (χ1) is 10.6. The Morgan fingerprint density at radius 3 is 2.41 bits per heavy atom. The van der Waals surface area contributed by atoms with Gasteiger partial charge < -0.3 is 9.52 Å². The van der Waals surface area contributed by atoms with Gasteiger partial charge in [0, 0.05) is 5.56 Å². The van der Waals surface area contributed by atoms with Crippen molar-refractivity contribution in [1.29, 1.82) is 0 Å². The highest BCUT2D eigenvalue weighted by atomic mass is 16.4. The topological polar surface area (TPSA) is 76.2 Å². The molecule has 1 aromatic heterocycles. The Labute approximate surface area is 127 Å². The molecule has 0 fully saturated rings. The number of rotatable bonds is 4. The monoisotopic (exact) mass is 294 g/mol. The van der Waals surface area contributed by atoms with Crippen LogP contribution in [0.1, 0.15) is 18.7 Å². The van der Waals surface area contributed by atoms with Crippen LogP contribution in [0.3, 0.4) is 0 Å². The number of aromatic nitrogens is 2. The fourth-order valence-corrected chi connectivity index (χ4v) is 2.09. The van der Waals surface area contributed by atoms with Gasteiger partial charge in [-0.05, 0) is 30.2 Å². The summed E-state index contributed by atoms with van der Waals surface area (Å²) in [6, 6.07) is 17.6. The van der Waals surface area contributed by atoms with Crippen LogP contribution >= 0.6 is 0 Å². The molecular weight excluding hydrogens is 280 g/mol. The Morgan fingerprint density at radius 2 is 1.68 bits per heavy atom. The minimum Gasteiger partial charge on any atom is -0.481 e. The molecular formula is C17H14N2O3. The van der Waals surface area contributed by atoms with Crippen molar-refractivity contribution in [1.82, 2.24) is 10.2 Å². The second-order valence-electron chi connectivity index (χ2n) is 4.95. The Kier molecular flexibility index (Phi) is 3.70. The normalized spacial score (nSPS) is 12.0. The smallest absolute Gasteiger partial charge is 0.315 e. The van der Waals surface area contributed by atoms with Gasteiger partial charge in [0.2, 0.25) is 11.8 Å². The van der Waals surface area contributed by atoms with E-state index in [9.17, 15) is 4.79 Å². The van der Waals surface area contributed by atoms with E-state index < -0.39 is 11.9 Å². The van der Waals surface area contributed by atoms with Crippen LogP contribution < -0.4 is 0 Å². The van der Waals surface area contributed by atoms with Crippen LogP contribution in [0.4, 0.5) is 0 Å². The summed E-state index contributed by atoms with van der Waals surface area (Å²) in [4.78, 5) is 11.0. The number of carboxylic acid groups (broad SMARTS) is 1. The lowest BCUT2D eigenvalue weighted by atomic mass is 10.0. The average molecular weight is 294 g/mol. The molecule has 0 aliphatic heterocycles. The van der Waals surface area contributed by atoms with Crippen LogP contribution in [0.5, 0.6) is 0 Å². The van der Waals surface area contributed by atoms with Crippen molar-refractivity contribution in [3.63, 3.8) is 0 Å². The summed E-state index contributed by atoms with van der Waals surface area (Å²) >= 11 is 0. The predicted molar refractivity (Wildman–Crippen MR) is 81.2 cm³/mol. The molecule has 0 spiro atoms. The molecule has 0 aliphatic rings. The molecule has 22 heavy (non-hydrogen) atoms. The zero-order valence-electron chi connectivity index (χ0n) is 11.9. The van der Waals surface area contributed by atoms with E-state index >= 15 is 0 Å². The average Bonchev–Trinajstić information content (AvgIpc) is 3.05. The Morgan fingerprint density at radius 1 is 1.00 bits per heavy atom. The standard InChI is InChI=1S/C17H14N2O3/c1-11(17(20)21)15-18-19-16(22-15)14-9-5-8-13(10-14)12-6-3-2-4-7-12/h2-11H,1H3,(H,20,21). The van der Waals surface area contributed by atoms with E-state index in [-0.39, 0.29) is 5.89 Å². The van der Waals surface area contributed by atoms with Gasteiger partial charge in [-0.15, -0.1) is 10.2 Å². The quantitative estimate of drug-likeness (QED) is 0.795. The largest absolute Gasteiger partial charge is 0.481 e. The first-order valence-electron chi connectivity index (χ1n) is 6.87. The molecule has 3 rings (SSSR count). The molecule has 0 saturated heterocycles. The maximum atomic E-state index is 11.0. The highest BCUT2D eigenvalue weighted by molar-refractivity contribution is 5.74. The highest BCUT2D eigenvalue weighted by Crippen LogP contribution is 2.26. The number of carbonyl (C=O) groups is 1. The second kappa shape index (κ2) is 5.81. The summed E-state index contributed by atoms with van der Waals surface area (Å²) in [6.07, 6.45) is 0. The number of nitrogens with zero attached hydrogens (tertiary/aromatic N) is 2. The Balaban J connectivity index is 1.95. The van der Waals surface area contributed by atoms with Crippen molar-refractivity contribution >= 4 is 5.97 Å². The Bertz CT molecular complexity index is 796. The van der Waals surface area contributed by atoms with E-state index in [0.717, 1.165) is 16.7 Å². The molecule has 0 amide bonds. The highest BCUT2D eigenvalue weighted by Gasteiger charge is 2.21. The fraction of sp³-hybridized carbons (Fsp3) is 0.118. The fourth-order valence-electron chi connectivity index (χ4n) is 2.09. The van der Waals surface area contributed by atoms with E-state index in [1.165, 1.54) is 6.92 Å². The van der Waals surface area contributed by atoms with Gasteiger partial charge in [0.05, 0.1) is 0 Å². The summed E-state index contributed by atoms with van der Waals surface area (Å²) in [5.41, 5.74) is 2.88. The first-order valence-corrected chi connectivity index (χ1v) is 6.87. The van der Waals surface area contributed by atoms with Crippen molar-refractivity contribution < 1.29 is 14.3 Å². The number of benzene rings is 2. The van der Waals surface area contributed by atoms with Gasteiger partial charge in [0.15, 0.2) is 0 Å².